The molecule has 5 heteroatoms. The second-order valence-corrected chi connectivity index (χ2v) is 5.32. The molecule has 0 bridgehead atoms. The first kappa shape index (κ1) is 14.4. The van der Waals surface area contributed by atoms with Gasteiger partial charge in [-0.2, -0.15) is 5.10 Å². The summed E-state index contributed by atoms with van der Waals surface area (Å²) in [6.07, 6.45) is 0.848. The van der Waals surface area contributed by atoms with E-state index in [-0.39, 0.29) is 0 Å². The molecule has 1 aromatic carbocycles. The van der Waals surface area contributed by atoms with Gasteiger partial charge >= 0.3 is 0 Å². The van der Waals surface area contributed by atoms with Crippen LogP contribution in [0.25, 0.3) is 10.9 Å². The number of fused-ring (bicyclic) bond motifs is 1. The largest absolute Gasteiger partial charge is 0.481 e. The second kappa shape index (κ2) is 5.67. The minimum atomic E-state index is 0.608. The first-order chi connectivity index (χ1) is 10.6. The third-order valence-corrected chi connectivity index (χ3v) is 3.81. The normalized spacial score (nSPS) is 11.0. The van der Waals surface area contributed by atoms with Crippen molar-refractivity contribution < 1.29 is 4.74 Å². The van der Waals surface area contributed by atoms with Crippen molar-refractivity contribution in [2.45, 2.75) is 26.8 Å². The Morgan fingerprint density at radius 1 is 1.23 bits per heavy atom. The lowest BCUT2D eigenvalue weighted by atomic mass is 10.1. The van der Waals surface area contributed by atoms with Gasteiger partial charge in [-0.05, 0) is 37.6 Å². The number of ether oxygens (including phenoxy) is 1. The maximum Gasteiger partial charge on any atom is 0.218 e. The van der Waals surface area contributed by atoms with Crippen LogP contribution < -0.4 is 10.5 Å². The molecule has 3 aromatic rings. The SMILES string of the molecule is CCc1nn(Cc2ccc(C)nc2OC)c2cccc(N)c12. The molecule has 2 aromatic heterocycles. The fourth-order valence-corrected chi connectivity index (χ4v) is 2.72. The third kappa shape index (κ3) is 2.39. The average Bonchev–Trinajstić information content (AvgIpc) is 2.88. The number of nitrogen functional groups attached to an aromatic ring is 1. The van der Waals surface area contributed by atoms with E-state index in [1.807, 2.05) is 41.9 Å². The minimum absolute atomic E-state index is 0.608. The van der Waals surface area contributed by atoms with E-state index in [1.54, 1.807) is 7.11 Å². The summed E-state index contributed by atoms with van der Waals surface area (Å²) in [5.41, 5.74) is 10.9. The van der Waals surface area contributed by atoms with Crippen LogP contribution in [-0.2, 0) is 13.0 Å². The van der Waals surface area contributed by atoms with Gasteiger partial charge in [-0.15, -0.1) is 0 Å². The maximum absolute atomic E-state index is 6.12. The molecule has 0 amide bonds. The zero-order chi connectivity index (χ0) is 15.7. The second-order valence-electron chi connectivity index (χ2n) is 5.32. The van der Waals surface area contributed by atoms with Crippen LogP contribution in [0, 0.1) is 6.92 Å². The van der Waals surface area contributed by atoms with Crippen LogP contribution in [0.3, 0.4) is 0 Å². The molecule has 3 rings (SSSR count). The predicted molar refractivity (Wildman–Crippen MR) is 88.2 cm³/mol. The van der Waals surface area contributed by atoms with Gasteiger partial charge in [0.25, 0.3) is 0 Å². The molecule has 0 aliphatic rings. The molecule has 0 saturated heterocycles. The van der Waals surface area contributed by atoms with Crippen LogP contribution in [0.15, 0.2) is 30.3 Å². The lowest BCUT2D eigenvalue weighted by Gasteiger charge is -2.09. The van der Waals surface area contributed by atoms with Gasteiger partial charge in [0, 0.05) is 22.3 Å². The first-order valence-corrected chi connectivity index (χ1v) is 7.38. The van der Waals surface area contributed by atoms with E-state index in [1.165, 1.54) is 0 Å². The minimum Gasteiger partial charge on any atom is -0.481 e. The van der Waals surface area contributed by atoms with E-state index in [4.69, 9.17) is 15.6 Å². The molecule has 0 aliphatic carbocycles. The van der Waals surface area contributed by atoms with Gasteiger partial charge in [-0.25, -0.2) is 4.98 Å². The number of aromatic nitrogens is 3. The van der Waals surface area contributed by atoms with Crippen LogP contribution in [0.5, 0.6) is 5.88 Å². The fraction of sp³-hybridized carbons (Fsp3) is 0.294. The lowest BCUT2D eigenvalue weighted by molar-refractivity contribution is 0.389. The van der Waals surface area contributed by atoms with E-state index in [0.717, 1.165) is 40.0 Å². The Bertz CT molecular complexity index is 823. The van der Waals surface area contributed by atoms with E-state index >= 15 is 0 Å². The molecule has 0 fully saturated rings. The Hall–Kier alpha value is -2.56. The number of hydrogen-bond acceptors (Lipinski definition) is 4. The van der Waals surface area contributed by atoms with Crippen molar-refractivity contribution in [3.8, 4) is 5.88 Å². The van der Waals surface area contributed by atoms with Crippen LogP contribution in [-0.4, -0.2) is 21.9 Å². The summed E-state index contributed by atoms with van der Waals surface area (Å²) in [5.74, 6) is 0.644. The highest BCUT2D eigenvalue weighted by molar-refractivity contribution is 5.93. The van der Waals surface area contributed by atoms with Crippen molar-refractivity contribution in [2.75, 3.05) is 12.8 Å². The highest BCUT2D eigenvalue weighted by atomic mass is 16.5. The first-order valence-electron chi connectivity index (χ1n) is 7.38. The molecule has 5 nitrogen and oxygen atoms in total. The molecule has 2 N–H and O–H groups in total. The molecule has 0 spiro atoms. The van der Waals surface area contributed by atoms with E-state index < -0.39 is 0 Å². The molecule has 0 saturated carbocycles. The summed E-state index contributed by atoms with van der Waals surface area (Å²) in [6.45, 7) is 4.65. The number of benzene rings is 1. The third-order valence-electron chi connectivity index (χ3n) is 3.81. The number of methoxy groups -OCH3 is 1. The summed E-state index contributed by atoms with van der Waals surface area (Å²) in [6, 6.07) is 9.94. The topological polar surface area (TPSA) is 66.0 Å². The number of nitrogens with two attached hydrogens (primary N) is 1. The maximum atomic E-state index is 6.12. The zero-order valence-electron chi connectivity index (χ0n) is 13.1. The van der Waals surface area contributed by atoms with Gasteiger partial charge in [0.1, 0.15) is 0 Å². The van der Waals surface area contributed by atoms with Crippen molar-refractivity contribution >= 4 is 16.6 Å². The molecular formula is C17H20N4O. The van der Waals surface area contributed by atoms with Gasteiger partial charge in [-0.3, -0.25) is 4.68 Å². The quantitative estimate of drug-likeness (QED) is 0.752. The van der Waals surface area contributed by atoms with E-state index in [2.05, 4.69) is 11.9 Å². The van der Waals surface area contributed by atoms with E-state index in [9.17, 15) is 0 Å². The zero-order valence-corrected chi connectivity index (χ0v) is 13.1. The molecule has 0 aliphatic heterocycles. The molecular weight excluding hydrogens is 276 g/mol. The van der Waals surface area contributed by atoms with Gasteiger partial charge in [0.2, 0.25) is 5.88 Å². The lowest BCUT2D eigenvalue weighted by Crippen LogP contribution is -2.05. The van der Waals surface area contributed by atoms with Gasteiger partial charge < -0.3 is 10.5 Å². The van der Waals surface area contributed by atoms with Crippen LogP contribution in [0.4, 0.5) is 5.69 Å². The summed E-state index contributed by atoms with van der Waals surface area (Å²) < 4.78 is 7.36. The van der Waals surface area contributed by atoms with Crippen LogP contribution in [0.2, 0.25) is 0 Å². The summed E-state index contributed by atoms with van der Waals surface area (Å²) in [4.78, 5) is 4.42. The number of hydrogen-bond donors (Lipinski definition) is 1. The van der Waals surface area contributed by atoms with Crippen molar-refractivity contribution in [2.24, 2.45) is 0 Å². The molecule has 0 atom stereocenters. The van der Waals surface area contributed by atoms with Crippen molar-refractivity contribution in [3.63, 3.8) is 0 Å². The average molecular weight is 296 g/mol. The Morgan fingerprint density at radius 3 is 2.77 bits per heavy atom. The molecule has 2 heterocycles. The Morgan fingerprint density at radius 2 is 2.05 bits per heavy atom. The van der Waals surface area contributed by atoms with Crippen molar-refractivity contribution in [1.29, 1.82) is 0 Å². The molecule has 114 valence electrons. The van der Waals surface area contributed by atoms with Gasteiger partial charge in [0.15, 0.2) is 0 Å². The number of rotatable bonds is 4. The van der Waals surface area contributed by atoms with E-state index in [0.29, 0.717) is 12.4 Å². The monoisotopic (exact) mass is 296 g/mol. The summed E-state index contributed by atoms with van der Waals surface area (Å²) in [5, 5.41) is 5.76. The number of aryl methyl sites for hydroxylation is 2. The summed E-state index contributed by atoms with van der Waals surface area (Å²) >= 11 is 0. The highest BCUT2D eigenvalue weighted by Crippen LogP contribution is 2.27. The standard InChI is InChI=1S/C17H20N4O/c1-4-14-16-13(18)6-5-7-15(16)21(20-14)10-12-9-8-11(2)19-17(12)22-3/h5-9H,4,10,18H2,1-3H3. The molecule has 0 radical (unpaired) electrons. The van der Waals surface area contributed by atoms with Gasteiger partial charge in [0.05, 0.1) is 24.9 Å². The highest BCUT2D eigenvalue weighted by Gasteiger charge is 2.14. The van der Waals surface area contributed by atoms with Crippen LogP contribution in [0.1, 0.15) is 23.9 Å². The van der Waals surface area contributed by atoms with Crippen molar-refractivity contribution in [1.82, 2.24) is 14.8 Å². The Kier molecular flexibility index (Phi) is 3.71. The number of nitrogens with zero attached hydrogens (tertiary/aromatic N) is 3. The fourth-order valence-electron chi connectivity index (χ4n) is 2.72. The number of pyridine rings is 1. The smallest absolute Gasteiger partial charge is 0.218 e. The molecule has 0 unspecified atom stereocenters. The Labute approximate surface area is 129 Å². The Balaban J connectivity index is 2.10. The summed E-state index contributed by atoms with van der Waals surface area (Å²) in [7, 11) is 1.64. The van der Waals surface area contributed by atoms with Crippen molar-refractivity contribution in [3.05, 3.63) is 47.3 Å². The predicted octanol–water partition coefficient (Wildman–Crippen LogP) is 2.94. The number of anilines is 1. The molecule has 22 heavy (non-hydrogen) atoms. The van der Waals surface area contributed by atoms with Crippen LogP contribution >= 0.6 is 0 Å². The van der Waals surface area contributed by atoms with Gasteiger partial charge in [-0.1, -0.05) is 13.0 Å².